The van der Waals surface area contributed by atoms with Crippen molar-refractivity contribution >= 4 is 27.4 Å². The van der Waals surface area contributed by atoms with Crippen molar-refractivity contribution in [2.45, 2.75) is 6.92 Å². The van der Waals surface area contributed by atoms with Gasteiger partial charge in [-0.05, 0) is 18.4 Å². The topological polar surface area (TPSA) is 83.6 Å². The molecule has 1 aliphatic rings. The number of nitrogens with two attached hydrogens (primary N) is 1. The quantitative estimate of drug-likeness (QED) is 0.555. The molecule has 66 valence electrons. The number of carbonyl (C=O) groups excluding carboxylic acids is 1. The van der Waals surface area contributed by atoms with Crippen molar-refractivity contribution in [3.63, 3.8) is 0 Å². The molecule has 0 spiro atoms. The monoisotopic (exact) mass is 188 g/mol. The van der Waals surface area contributed by atoms with E-state index in [0.717, 1.165) is 4.31 Å². The third kappa shape index (κ3) is 1.33. The highest BCUT2D eigenvalue weighted by atomic mass is 32.2. The highest BCUT2D eigenvalue weighted by molar-refractivity contribution is 8.26. The molecule has 0 radical (unpaired) electrons. The van der Waals surface area contributed by atoms with Crippen LogP contribution in [0.4, 0.5) is 9.59 Å². The van der Waals surface area contributed by atoms with Gasteiger partial charge in [-0.1, -0.05) is 0 Å². The molecular formula is C6H8N2O3S. The number of nitrogens with zero attached hydrogens (tertiary/aromatic N) is 1. The summed E-state index contributed by atoms with van der Waals surface area (Å²) in [5.74, 6) is 0. The van der Waals surface area contributed by atoms with E-state index in [4.69, 9.17) is 10.8 Å². The summed E-state index contributed by atoms with van der Waals surface area (Å²) < 4.78 is 0.961. The molecule has 0 bridgehead atoms. The molecule has 0 aromatic rings. The number of hydrogen-bond acceptors (Lipinski definition) is 2. The van der Waals surface area contributed by atoms with Gasteiger partial charge in [-0.25, -0.2) is 9.10 Å². The third-order valence-electron chi connectivity index (χ3n) is 1.34. The number of hydrogen-bond donors (Lipinski definition) is 2. The van der Waals surface area contributed by atoms with E-state index in [2.05, 4.69) is 0 Å². The van der Waals surface area contributed by atoms with Crippen molar-refractivity contribution in [3.05, 3.63) is 11.8 Å². The van der Waals surface area contributed by atoms with Crippen LogP contribution in [0.3, 0.4) is 0 Å². The van der Waals surface area contributed by atoms with Gasteiger partial charge in [-0.2, -0.15) is 0 Å². The van der Waals surface area contributed by atoms with E-state index in [9.17, 15) is 9.59 Å². The summed E-state index contributed by atoms with van der Waals surface area (Å²) in [6, 6.07) is 0. The lowest BCUT2D eigenvalue weighted by Gasteiger charge is -2.16. The lowest BCUT2D eigenvalue weighted by Crippen LogP contribution is -2.24. The first-order chi connectivity index (χ1) is 5.54. The molecule has 12 heavy (non-hydrogen) atoms. The molecule has 1 rings (SSSR count). The maximum absolute atomic E-state index is 10.7. The number of rotatable bonds is 0. The van der Waals surface area contributed by atoms with Gasteiger partial charge in [0.05, 0.1) is 0 Å². The normalized spacial score (nSPS) is 21.6. The third-order valence-corrected chi connectivity index (χ3v) is 2.98. The number of primary amides is 1. The van der Waals surface area contributed by atoms with E-state index in [-0.39, 0.29) is 0 Å². The molecule has 6 heteroatoms. The molecule has 0 aromatic heterocycles. The van der Waals surface area contributed by atoms with Gasteiger partial charge < -0.3 is 10.8 Å². The fraction of sp³-hybridized carbons (Fsp3) is 0.167. The summed E-state index contributed by atoms with van der Waals surface area (Å²) >= 11 is 0. The number of amides is 2. The molecule has 1 heterocycles. The van der Waals surface area contributed by atoms with E-state index >= 15 is 0 Å². The Kier molecular flexibility index (Phi) is 2.18. The Morgan fingerprint density at radius 1 is 1.67 bits per heavy atom. The summed E-state index contributed by atoms with van der Waals surface area (Å²) in [4.78, 5) is 21.3. The molecule has 1 unspecified atom stereocenters. The molecule has 0 saturated carbocycles. The average Bonchev–Trinajstić information content (AvgIpc) is 2.30. The van der Waals surface area contributed by atoms with E-state index in [0.29, 0.717) is 5.70 Å². The van der Waals surface area contributed by atoms with Crippen molar-refractivity contribution in [3.8, 4) is 0 Å². The Morgan fingerprint density at radius 2 is 2.25 bits per heavy atom. The summed E-state index contributed by atoms with van der Waals surface area (Å²) in [5, 5.41) is 9.53. The fourth-order valence-corrected chi connectivity index (χ4v) is 2.14. The van der Waals surface area contributed by atoms with Crippen molar-refractivity contribution in [1.82, 2.24) is 4.31 Å². The van der Waals surface area contributed by atoms with Gasteiger partial charge in [0, 0.05) is 16.4 Å². The van der Waals surface area contributed by atoms with Crippen molar-refractivity contribution in [2.75, 3.05) is 0 Å². The average molecular weight is 188 g/mol. The lowest BCUT2D eigenvalue weighted by molar-refractivity contribution is 0.182. The first kappa shape index (κ1) is 8.79. The van der Waals surface area contributed by atoms with E-state index in [1.165, 1.54) is 5.37 Å². The molecular weight excluding hydrogens is 180 g/mol. The predicted molar refractivity (Wildman–Crippen MR) is 46.9 cm³/mol. The molecule has 0 aliphatic carbocycles. The number of carboxylic acid groups (broad SMARTS) is 1. The molecule has 0 aromatic carbocycles. The Morgan fingerprint density at radius 3 is 2.58 bits per heavy atom. The Hall–Kier alpha value is -1.30. The summed E-state index contributed by atoms with van der Waals surface area (Å²) in [7, 11) is -1.12. The molecule has 1 aliphatic heterocycles. The van der Waals surface area contributed by atoms with Gasteiger partial charge in [0.1, 0.15) is 0 Å². The van der Waals surface area contributed by atoms with Gasteiger partial charge in [0.2, 0.25) is 0 Å². The SMILES string of the molecule is CC1=CC=S(C(N)=O)N1C(=O)O. The highest BCUT2D eigenvalue weighted by Gasteiger charge is 2.24. The minimum atomic E-state index is -1.15. The first-order valence-electron chi connectivity index (χ1n) is 3.11. The number of allylic oxidation sites excluding steroid dienone is 2. The molecule has 0 fully saturated rings. The van der Waals surface area contributed by atoms with Crippen LogP contribution in [-0.4, -0.2) is 26.1 Å². The first-order valence-corrected chi connectivity index (χ1v) is 4.36. The summed E-state index contributed by atoms with van der Waals surface area (Å²) in [6.07, 6.45) is 0.418. The van der Waals surface area contributed by atoms with E-state index in [1.807, 2.05) is 0 Å². The lowest BCUT2D eigenvalue weighted by atomic mass is 10.5. The van der Waals surface area contributed by atoms with Crippen LogP contribution in [0.5, 0.6) is 0 Å². The van der Waals surface area contributed by atoms with Crippen LogP contribution in [-0.2, 0) is 0 Å². The molecule has 5 nitrogen and oxygen atoms in total. The summed E-state index contributed by atoms with van der Waals surface area (Å²) in [5.41, 5.74) is 5.51. The zero-order valence-electron chi connectivity index (χ0n) is 6.35. The van der Waals surface area contributed by atoms with Crippen molar-refractivity contribution in [1.29, 1.82) is 0 Å². The van der Waals surface area contributed by atoms with Gasteiger partial charge in [0.25, 0.3) is 5.24 Å². The predicted octanol–water partition coefficient (Wildman–Crippen LogP) is 0.949. The van der Waals surface area contributed by atoms with Crippen LogP contribution in [0.2, 0.25) is 0 Å². The van der Waals surface area contributed by atoms with E-state index < -0.39 is 22.0 Å². The van der Waals surface area contributed by atoms with Crippen molar-refractivity contribution < 1.29 is 14.7 Å². The fourth-order valence-electron chi connectivity index (χ4n) is 0.839. The minimum absolute atomic E-state index is 0.518. The smallest absolute Gasteiger partial charge is 0.421 e. The van der Waals surface area contributed by atoms with Crippen LogP contribution in [0.1, 0.15) is 6.92 Å². The summed E-state index contributed by atoms with van der Waals surface area (Å²) in [6.45, 7) is 1.61. The Bertz CT molecular complexity index is 308. The zero-order chi connectivity index (χ0) is 9.30. The Balaban J connectivity index is 2.96. The molecule has 0 saturated heterocycles. The molecule has 1 atom stereocenters. The van der Waals surface area contributed by atoms with Crippen LogP contribution >= 0.6 is 10.7 Å². The second-order valence-corrected chi connectivity index (χ2v) is 3.82. The largest absolute Gasteiger partial charge is 0.464 e. The van der Waals surface area contributed by atoms with Gasteiger partial charge >= 0.3 is 6.09 Å². The number of carbonyl (C=O) groups is 2. The maximum atomic E-state index is 10.7. The van der Waals surface area contributed by atoms with Crippen LogP contribution in [0.25, 0.3) is 0 Å². The maximum Gasteiger partial charge on any atom is 0.421 e. The van der Waals surface area contributed by atoms with Gasteiger partial charge in [-0.3, -0.25) is 4.79 Å². The standard InChI is InChI=1S/C6H8N2O3S/c1-4-2-3-12(5(7)9)8(4)6(10)11/h2-3H,1H3,(H2,7,9)(H,10,11). The van der Waals surface area contributed by atoms with Crippen LogP contribution in [0, 0.1) is 0 Å². The molecule has 3 N–H and O–H groups in total. The minimum Gasteiger partial charge on any atom is -0.464 e. The van der Waals surface area contributed by atoms with Crippen LogP contribution in [0.15, 0.2) is 11.8 Å². The zero-order valence-corrected chi connectivity index (χ0v) is 7.17. The van der Waals surface area contributed by atoms with Gasteiger partial charge in [-0.15, -0.1) is 0 Å². The molecule has 2 amide bonds. The van der Waals surface area contributed by atoms with Crippen molar-refractivity contribution in [2.24, 2.45) is 5.73 Å². The highest BCUT2D eigenvalue weighted by Crippen LogP contribution is 2.28. The Labute approximate surface area is 71.5 Å². The second kappa shape index (κ2) is 2.98. The van der Waals surface area contributed by atoms with E-state index in [1.54, 1.807) is 13.0 Å². The second-order valence-electron chi connectivity index (χ2n) is 2.15. The van der Waals surface area contributed by atoms with Crippen LogP contribution < -0.4 is 5.73 Å². The van der Waals surface area contributed by atoms with Gasteiger partial charge in [0.15, 0.2) is 0 Å².